The van der Waals surface area contributed by atoms with E-state index in [-0.39, 0.29) is 18.1 Å². The van der Waals surface area contributed by atoms with Gasteiger partial charge in [0.1, 0.15) is 11.6 Å². The third kappa shape index (κ3) is 5.12. The minimum Gasteiger partial charge on any atom is -0.392 e. The van der Waals surface area contributed by atoms with E-state index in [0.717, 1.165) is 17.5 Å². The van der Waals surface area contributed by atoms with Gasteiger partial charge in [-0.15, -0.1) is 0 Å². The Bertz CT molecular complexity index is 501. The molecule has 106 valence electrons. The molecule has 1 aromatic carbocycles. The Morgan fingerprint density at radius 3 is 2.55 bits per heavy atom. The number of benzene rings is 1. The molecule has 0 spiro atoms. The van der Waals surface area contributed by atoms with Crippen LogP contribution in [0.15, 0.2) is 36.0 Å². The van der Waals surface area contributed by atoms with E-state index in [9.17, 15) is 4.79 Å². The summed E-state index contributed by atoms with van der Waals surface area (Å²) in [5.74, 6) is -0.363. The van der Waals surface area contributed by atoms with Gasteiger partial charge in [0.15, 0.2) is 0 Å². The van der Waals surface area contributed by atoms with Crippen molar-refractivity contribution in [1.82, 2.24) is 10.6 Å². The summed E-state index contributed by atoms with van der Waals surface area (Å²) in [6.07, 6.45) is 2.25. The second kappa shape index (κ2) is 8.73. The number of nitrogens with zero attached hydrogens (tertiary/aromatic N) is 1. The molecule has 5 nitrogen and oxygen atoms in total. The number of amides is 1. The van der Waals surface area contributed by atoms with E-state index in [1.807, 2.05) is 37.3 Å². The number of aliphatic hydroxyl groups is 1. The van der Waals surface area contributed by atoms with Crippen LogP contribution in [0, 0.1) is 11.3 Å². The van der Waals surface area contributed by atoms with E-state index in [1.54, 1.807) is 0 Å². The summed E-state index contributed by atoms with van der Waals surface area (Å²) in [6, 6.07) is 9.30. The van der Waals surface area contributed by atoms with E-state index in [2.05, 4.69) is 10.6 Å². The third-order valence-electron chi connectivity index (χ3n) is 2.66. The molecule has 1 amide bonds. The van der Waals surface area contributed by atoms with Crippen molar-refractivity contribution in [2.24, 2.45) is 0 Å². The number of carbonyl (C=O) groups excluding carboxylic acids is 1. The average Bonchev–Trinajstić information content (AvgIpc) is 2.49. The Kier molecular flexibility index (Phi) is 6.87. The van der Waals surface area contributed by atoms with E-state index >= 15 is 0 Å². The molecular weight excluding hydrogens is 254 g/mol. The Labute approximate surface area is 118 Å². The minimum absolute atomic E-state index is 0.0177. The van der Waals surface area contributed by atoms with Crippen molar-refractivity contribution in [2.75, 3.05) is 6.54 Å². The zero-order valence-corrected chi connectivity index (χ0v) is 11.5. The molecule has 0 bridgehead atoms. The smallest absolute Gasteiger partial charge is 0.263 e. The lowest BCUT2D eigenvalue weighted by molar-refractivity contribution is -0.117. The van der Waals surface area contributed by atoms with Crippen LogP contribution in [0.3, 0.4) is 0 Å². The molecule has 3 N–H and O–H groups in total. The number of nitrogens with one attached hydrogen (secondary N) is 2. The quantitative estimate of drug-likeness (QED) is 0.515. The van der Waals surface area contributed by atoms with Crippen molar-refractivity contribution in [3.63, 3.8) is 0 Å². The predicted molar refractivity (Wildman–Crippen MR) is 76.2 cm³/mol. The number of nitriles is 1. The summed E-state index contributed by atoms with van der Waals surface area (Å²) < 4.78 is 0. The molecule has 0 saturated carbocycles. The van der Waals surface area contributed by atoms with Gasteiger partial charge >= 0.3 is 0 Å². The van der Waals surface area contributed by atoms with Crippen molar-refractivity contribution in [2.45, 2.75) is 26.5 Å². The molecule has 0 atom stereocenters. The first-order valence-electron chi connectivity index (χ1n) is 6.51. The molecule has 0 radical (unpaired) electrons. The molecule has 0 heterocycles. The first-order valence-corrected chi connectivity index (χ1v) is 6.51. The zero-order valence-electron chi connectivity index (χ0n) is 11.5. The summed E-state index contributed by atoms with van der Waals surface area (Å²) in [7, 11) is 0. The Hall–Kier alpha value is -2.32. The van der Waals surface area contributed by atoms with Crippen LogP contribution in [0.4, 0.5) is 0 Å². The first kappa shape index (κ1) is 15.7. The maximum absolute atomic E-state index is 11.6. The van der Waals surface area contributed by atoms with Crippen LogP contribution >= 0.6 is 0 Å². The van der Waals surface area contributed by atoms with Crippen LogP contribution in [0.25, 0.3) is 0 Å². The molecule has 0 aliphatic rings. The number of hydrogen-bond acceptors (Lipinski definition) is 4. The molecule has 0 aliphatic heterocycles. The fourth-order valence-corrected chi connectivity index (χ4v) is 1.52. The highest BCUT2D eigenvalue weighted by Crippen LogP contribution is 2.04. The van der Waals surface area contributed by atoms with Gasteiger partial charge in [0.25, 0.3) is 5.91 Å². The van der Waals surface area contributed by atoms with Gasteiger partial charge in [0.2, 0.25) is 0 Å². The van der Waals surface area contributed by atoms with Crippen molar-refractivity contribution in [3.05, 3.63) is 47.2 Å². The largest absolute Gasteiger partial charge is 0.392 e. The lowest BCUT2D eigenvalue weighted by Crippen LogP contribution is -2.26. The van der Waals surface area contributed by atoms with Crippen molar-refractivity contribution >= 4 is 5.91 Å². The van der Waals surface area contributed by atoms with E-state index < -0.39 is 0 Å². The van der Waals surface area contributed by atoms with E-state index in [1.165, 1.54) is 6.20 Å². The topological polar surface area (TPSA) is 85.2 Å². The van der Waals surface area contributed by atoms with Gasteiger partial charge in [-0.25, -0.2) is 0 Å². The number of rotatable bonds is 7. The van der Waals surface area contributed by atoms with Crippen LogP contribution in [-0.2, 0) is 17.9 Å². The molecule has 20 heavy (non-hydrogen) atoms. The Morgan fingerprint density at radius 2 is 2.00 bits per heavy atom. The second-order valence-electron chi connectivity index (χ2n) is 4.28. The van der Waals surface area contributed by atoms with Gasteiger partial charge in [0, 0.05) is 19.3 Å². The van der Waals surface area contributed by atoms with Crippen LogP contribution in [0.2, 0.25) is 0 Å². The highest BCUT2D eigenvalue weighted by molar-refractivity contribution is 5.97. The molecule has 0 unspecified atom stereocenters. The lowest BCUT2D eigenvalue weighted by atomic mass is 10.1. The van der Waals surface area contributed by atoms with Crippen molar-refractivity contribution in [1.29, 1.82) is 5.26 Å². The van der Waals surface area contributed by atoms with Gasteiger partial charge in [-0.1, -0.05) is 31.2 Å². The highest BCUT2D eigenvalue weighted by Gasteiger charge is 2.06. The third-order valence-corrected chi connectivity index (χ3v) is 2.66. The molecule has 5 heteroatoms. The molecule has 0 fully saturated rings. The summed E-state index contributed by atoms with van der Waals surface area (Å²) in [6.45, 7) is 3.03. The van der Waals surface area contributed by atoms with Crippen LogP contribution in [-0.4, -0.2) is 17.6 Å². The zero-order chi connectivity index (χ0) is 14.8. The van der Waals surface area contributed by atoms with Gasteiger partial charge in [-0.2, -0.15) is 5.26 Å². The average molecular weight is 273 g/mol. The van der Waals surface area contributed by atoms with Gasteiger partial charge in [-0.3, -0.25) is 4.79 Å². The van der Waals surface area contributed by atoms with Gasteiger partial charge < -0.3 is 15.7 Å². The molecular formula is C15H19N3O2. The summed E-state index contributed by atoms with van der Waals surface area (Å²) in [4.78, 5) is 11.6. The minimum atomic E-state index is -0.363. The van der Waals surface area contributed by atoms with Gasteiger partial charge in [-0.05, 0) is 17.5 Å². The highest BCUT2D eigenvalue weighted by atomic mass is 16.3. The summed E-state index contributed by atoms with van der Waals surface area (Å²) in [5, 5.41) is 23.4. The number of carbonyl (C=O) groups is 1. The standard InChI is InChI=1S/C15H19N3O2/c1-2-7-18-15(20)14(8-16)10-17-9-12-3-5-13(11-19)6-4-12/h3-6,10,17,19H,2,7,9,11H2,1H3,(H,18,20)/b14-10-. The maximum Gasteiger partial charge on any atom is 0.263 e. The number of aliphatic hydroxyl groups excluding tert-OH is 1. The first-order chi connectivity index (χ1) is 9.71. The fourth-order valence-electron chi connectivity index (χ4n) is 1.52. The predicted octanol–water partition coefficient (Wildman–Crippen LogP) is 1.20. The van der Waals surface area contributed by atoms with Crippen molar-refractivity contribution in [3.8, 4) is 6.07 Å². The van der Waals surface area contributed by atoms with E-state index in [4.69, 9.17) is 10.4 Å². The second-order valence-corrected chi connectivity index (χ2v) is 4.28. The Morgan fingerprint density at radius 1 is 1.35 bits per heavy atom. The number of hydrogen-bond donors (Lipinski definition) is 3. The molecule has 0 aliphatic carbocycles. The monoisotopic (exact) mass is 273 g/mol. The molecule has 1 rings (SSSR count). The van der Waals surface area contributed by atoms with Crippen LogP contribution in [0.1, 0.15) is 24.5 Å². The van der Waals surface area contributed by atoms with Crippen LogP contribution in [0.5, 0.6) is 0 Å². The Balaban J connectivity index is 2.52. The maximum atomic E-state index is 11.6. The molecule has 1 aromatic rings. The molecule has 0 aromatic heterocycles. The van der Waals surface area contributed by atoms with E-state index in [0.29, 0.717) is 13.1 Å². The molecule has 0 saturated heterocycles. The lowest BCUT2D eigenvalue weighted by Gasteiger charge is -2.05. The summed E-state index contributed by atoms with van der Waals surface area (Å²) >= 11 is 0. The van der Waals surface area contributed by atoms with Gasteiger partial charge in [0.05, 0.1) is 6.61 Å². The SMILES string of the molecule is CCCNC(=O)/C(C#N)=C\NCc1ccc(CO)cc1. The van der Waals surface area contributed by atoms with Crippen molar-refractivity contribution < 1.29 is 9.90 Å². The normalized spacial score (nSPS) is 10.8. The van der Waals surface area contributed by atoms with Crippen LogP contribution < -0.4 is 10.6 Å². The fraction of sp³-hybridized carbons (Fsp3) is 0.333. The summed E-state index contributed by atoms with van der Waals surface area (Å²) in [5.41, 5.74) is 1.91.